The van der Waals surface area contributed by atoms with Gasteiger partial charge in [-0.15, -0.1) is 0 Å². The highest BCUT2D eigenvalue weighted by Gasteiger charge is 2.58. The predicted molar refractivity (Wildman–Crippen MR) is 73.8 cm³/mol. The Morgan fingerprint density at radius 3 is 2.47 bits per heavy atom. The maximum absolute atomic E-state index is 10.8. The van der Waals surface area contributed by atoms with Crippen LogP contribution in [0.3, 0.4) is 0 Å². The lowest BCUT2D eigenvalue weighted by atomic mass is 9.87. The van der Waals surface area contributed by atoms with Crippen LogP contribution in [0.15, 0.2) is 24.3 Å². The van der Waals surface area contributed by atoms with Crippen molar-refractivity contribution in [1.29, 1.82) is 0 Å². The minimum atomic E-state index is -1.82. The summed E-state index contributed by atoms with van der Waals surface area (Å²) in [6.45, 7) is 5.72. The number of aliphatic hydroxyl groups is 2. The molecule has 1 saturated heterocycles. The van der Waals surface area contributed by atoms with Crippen LogP contribution in [0.4, 0.5) is 0 Å². The van der Waals surface area contributed by atoms with Gasteiger partial charge >= 0.3 is 0 Å². The van der Waals surface area contributed by atoms with E-state index in [4.69, 9.17) is 16.3 Å². The van der Waals surface area contributed by atoms with Crippen LogP contribution in [0.2, 0.25) is 5.02 Å². The van der Waals surface area contributed by atoms with Crippen molar-refractivity contribution in [2.24, 2.45) is 0 Å². The fourth-order valence-electron chi connectivity index (χ4n) is 2.39. The van der Waals surface area contributed by atoms with E-state index in [0.717, 1.165) is 0 Å². The minimum absolute atomic E-state index is 0.294. The van der Waals surface area contributed by atoms with Gasteiger partial charge in [-0.1, -0.05) is 23.7 Å². The van der Waals surface area contributed by atoms with E-state index in [9.17, 15) is 10.2 Å². The van der Waals surface area contributed by atoms with Gasteiger partial charge in [-0.2, -0.15) is 0 Å². The van der Waals surface area contributed by atoms with E-state index >= 15 is 0 Å². The van der Waals surface area contributed by atoms with Crippen LogP contribution >= 0.6 is 11.6 Å². The summed E-state index contributed by atoms with van der Waals surface area (Å²) in [4.78, 5) is 1.71. The predicted octanol–water partition coefficient (Wildman–Crippen LogP) is 1.93. The Morgan fingerprint density at radius 1 is 1.26 bits per heavy atom. The van der Waals surface area contributed by atoms with Crippen molar-refractivity contribution in [3.8, 4) is 0 Å². The molecule has 2 N–H and O–H groups in total. The van der Waals surface area contributed by atoms with Gasteiger partial charge in [-0.05, 0) is 40.0 Å². The summed E-state index contributed by atoms with van der Waals surface area (Å²) in [6, 6.07) is 6.71. The number of ether oxygens (including phenoxy) is 1. The Bertz CT molecular complexity index is 489. The molecule has 0 bridgehead atoms. The average molecular weight is 286 g/mol. The number of benzene rings is 1. The molecule has 0 spiro atoms. The summed E-state index contributed by atoms with van der Waals surface area (Å²) >= 11 is 5.95. The first kappa shape index (κ1) is 14.8. The van der Waals surface area contributed by atoms with Crippen molar-refractivity contribution in [3.63, 3.8) is 0 Å². The fourth-order valence-corrected chi connectivity index (χ4v) is 2.58. The molecule has 0 radical (unpaired) electrons. The molecule has 2 rings (SSSR count). The van der Waals surface area contributed by atoms with Crippen molar-refractivity contribution < 1.29 is 14.9 Å². The second kappa shape index (κ2) is 4.43. The zero-order valence-corrected chi connectivity index (χ0v) is 12.4. The molecule has 1 aliphatic heterocycles. The highest BCUT2D eigenvalue weighted by Crippen LogP contribution is 2.44. The largest absolute Gasteiger partial charge is 0.370 e. The van der Waals surface area contributed by atoms with Gasteiger partial charge < -0.3 is 14.9 Å². The van der Waals surface area contributed by atoms with Gasteiger partial charge in [0.2, 0.25) is 5.79 Å². The fraction of sp³-hybridized carbons (Fsp3) is 0.571. The van der Waals surface area contributed by atoms with Crippen LogP contribution in [0.5, 0.6) is 0 Å². The summed E-state index contributed by atoms with van der Waals surface area (Å²) in [5.74, 6) is -1.82. The Hall–Kier alpha value is -0.650. The molecule has 1 aromatic rings. The third kappa shape index (κ3) is 2.18. The number of hydrogen-bond acceptors (Lipinski definition) is 4. The van der Waals surface area contributed by atoms with Crippen molar-refractivity contribution >= 4 is 11.6 Å². The Morgan fingerprint density at radius 2 is 1.89 bits per heavy atom. The lowest BCUT2D eigenvalue weighted by Gasteiger charge is -2.56. The van der Waals surface area contributed by atoms with Crippen LogP contribution in [0.1, 0.15) is 26.3 Å². The number of hydrogen-bond donors (Lipinski definition) is 2. The van der Waals surface area contributed by atoms with Gasteiger partial charge in [0, 0.05) is 16.1 Å². The van der Waals surface area contributed by atoms with Crippen LogP contribution in [0.25, 0.3) is 0 Å². The van der Waals surface area contributed by atoms with Crippen molar-refractivity contribution in [1.82, 2.24) is 4.90 Å². The van der Waals surface area contributed by atoms with E-state index in [1.165, 1.54) is 6.92 Å². The zero-order valence-electron chi connectivity index (χ0n) is 11.6. The van der Waals surface area contributed by atoms with Crippen molar-refractivity contribution in [2.75, 3.05) is 13.7 Å². The highest BCUT2D eigenvalue weighted by atomic mass is 35.5. The highest BCUT2D eigenvalue weighted by molar-refractivity contribution is 6.30. The molecular weight excluding hydrogens is 266 g/mol. The second-order valence-corrected chi connectivity index (χ2v) is 6.27. The summed E-state index contributed by atoms with van der Waals surface area (Å²) < 4.78 is 5.61. The quantitative estimate of drug-likeness (QED) is 0.828. The average Bonchev–Trinajstić information content (AvgIpc) is 2.33. The maximum Gasteiger partial charge on any atom is 0.236 e. The summed E-state index contributed by atoms with van der Waals surface area (Å²) in [5, 5.41) is 22.1. The van der Waals surface area contributed by atoms with E-state index in [-0.39, 0.29) is 5.54 Å². The number of morpholine rings is 1. The molecule has 106 valence electrons. The van der Waals surface area contributed by atoms with Crippen LogP contribution in [0, 0.1) is 0 Å². The molecule has 1 heterocycles. The lowest BCUT2D eigenvalue weighted by molar-refractivity contribution is -0.393. The molecule has 2 atom stereocenters. The molecule has 1 fully saturated rings. The molecule has 0 amide bonds. The van der Waals surface area contributed by atoms with Gasteiger partial charge in [-0.25, -0.2) is 0 Å². The third-order valence-electron chi connectivity index (χ3n) is 4.05. The molecule has 19 heavy (non-hydrogen) atoms. The molecular formula is C14H20ClNO3. The van der Waals surface area contributed by atoms with E-state index in [2.05, 4.69) is 0 Å². The van der Waals surface area contributed by atoms with Gasteiger partial charge in [0.15, 0.2) is 5.72 Å². The standard InChI is InChI=1S/C14H20ClNO3/c1-12(2)9-19-14(18,13(3,17)16(12)4)10-6-5-7-11(15)8-10/h5-8,17-18H,9H2,1-4H3. The molecule has 0 aliphatic carbocycles. The second-order valence-electron chi connectivity index (χ2n) is 5.84. The van der Waals surface area contributed by atoms with Crippen LogP contribution in [-0.4, -0.2) is 40.0 Å². The maximum atomic E-state index is 10.8. The van der Waals surface area contributed by atoms with Crippen molar-refractivity contribution in [2.45, 2.75) is 37.8 Å². The van der Waals surface area contributed by atoms with E-state index < -0.39 is 11.5 Å². The lowest BCUT2D eigenvalue weighted by Crippen LogP contribution is -2.71. The van der Waals surface area contributed by atoms with Gasteiger partial charge in [0.1, 0.15) is 0 Å². The van der Waals surface area contributed by atoms with Gasteiger partial charge in [0.25, 0.3) is 0 Å². The Balaban J connectivity index is 2.49. The monoisotopic (exact) mass is 285 g/mol. The molecule has 5 heteroatoms. The summed E-state index contributed by atoms with van der Waals surface area (Å²) in [7, 11) is 1.76. The first-order chi connectivity index (χ1) is 8.61. The molecule has 0 saturated carbocycles. The van der Waals surface area contributed by atoms with Gasteiger partial charge in [-0.3, -0.25) is 4.90 Å². The molecule has 4 nitrogen and oxygen atoms in total. The Kier molecular flexibility index (Phi) is 3.44. The third-order valence-corrected chi connectivity index (χ3v) is 4.29. The number of rotatable bonds is 1. The zero-order chi connectivity index (χ0) is 14.5. The molecule has 1 aromatic carbocycles. The minimum Gasteiger partial charge on any atom is -0.370 e. The van der Waals surface area contributed by atoms with Gasteiger partial charge in [0.05, 0.1) is 6.61 Å². The smallest absolute Gasteiger partial charge is 0.236 e. The van der Waals surface area contributed by atoms with E-state index in [1.54, 1.807) is 36.2 Å². The first-order valence-corrected chi connectivity index (χ1v) is 6.58. The molecule has 2 unspecified atom stereocenters. The van der Waals surface area contributed by atoms with Crippen molar-refractivity contribution in [3.05, 3.63) is 34.9 Å². The van der Waals surface area contributed by atoms with E-state index in [1.807, 2.05) is 13.8 Å². The number of likely N-dealkylation sites (N-methyl/N-ethyl adjacent to an activating group) is 1. The first-order valence-electron chi connectivity index (χ1n) is 6.20. The number of halogens is 1. The Labute approximate surface area is 118 Å². The molecule has 1 aliphatic rings. The molecule has 0 aromatic heterocycles. The topological polar surface area (TPSA) is 52.9 Å². The summed E-state index contributed by atoms with van der Waals surface area (Å²) in [5.41, 5.74) is -1.51. The number of nitrogens with zero attached hydrogens (tertiary/aromatic N) is 1. The van der Waals surface area contributed by atoms with E-state index in [0.29, 0.717) is 17.2 Å². The normalized spacial score (nSPS) is 35.3. The SMILES string of the molecule is CN1C(C)(C)COC(O)(c2cccc(Cl)c2)C1(C)O. The van der Waals surface area contributed by atoms with Crippen LogP contribution < -0.4 is 0 Å². The summed E-state index contributed by atoms with van der Waals surface area (Å²) in [6.07, 6.45) is 0. The van der Waals surface area contributed by atoms with Crippen LogP contribution in [-0.2, 0) is 10.5 Å².